The normalized spacial score (nSPS) is 16.7. The number of hydrogen-bond donors (Lipinski definition) is 2. The molecule has 150 valence electrons. The van der Waals surface area contributed by atoms with Crippen LogP contribution in [0, 0.1) is 5.82 Å². The Morgan fingerprint density at radius 1 is 1.30 bits per heavy atom. The first-order valence-electron chi connectivity index (χ1n) is 8.88. The molecule has 1 fully saturated rings. The molecule has 7 nitrogen and oxygen atoms in total. The fraction of sp³-hybridized carbons (Fsp3) is 0.556. The molecular formula is C18H26ClFN4O3. The molecule has 1 atom stereocenters. The summed E-state index contributed by atoms with van der Waals surface area (Å²) in [6.07, 6.45) is 0. The quantitative estimate of drug-likeness (QED) is 0.641. The van der Waals surface area contributed by atoms with Crippen LogP contribution >= 0.6 is 11.6 Å². The van der Waals surface area contributed by atoms with E-state index < -0.39 is 11.9 Å². The fourth-order valence-electron chi connectivity index (χ4n) is 2.86. The molecular weight excluding hydrogens is 375 g/mol. The number of methoxy groups -OCH3 is 1. The fourth-order valence-corrected chi connectivity index (χ4v) is 3.03. The van der Waals surface area contributed by atoms with Crippen molar-refractivity contribution in [1.29, 1.82) is 0 Å². The Morgan fingerprint density at radius 2 is 2.00 bits per heavy atom. The van der Waals surface area contributed by atoms with E-state index in [-0.39, 0.29) is 17.5 Å². The first-order chi connectivity index (χ1) is 12.9. The van der Waals surface area contributed by atoms with Crippen LogP contribution in [0.3, 0.4) is 0 Å². The molecule has 0 aliphatic carbocycles. The number of halogens is 2. The number of ether oxygens (including phenoxy) is 1. The number of piperazine rings is 1. The highest BCUT2D eigenvalue weighted by Crippen LogP contribution is 2.20. The Bertz CT molecular complexity index is 653. The van der Waals surface area contributed by atoms with Crippen LogP contribution in [0.25, 0.3) is 0 Å². The van der Waals surface area contributed by atoms with Gasteiger partial charge in [-0.3, -0.25) is 19.4 Å². The van der Waals surface area contributed by atoms with E-state index in [2.05, 4.69) is 10.6 Å². The molecule has 9 heteroatoms. The van der Waals surface area contributed by atoms with E-state index in [1.54, 1.807) is 14.0 Å². The third-order valence-corrected chi connectivity index (χ3v) is 4.75. The number of carbonyl (C=O) groups excluding carboxylic acids is 2. The van der Waals surface area contributed by atoms with Crippen LogP contribution in [0.1, 0.15) is 6.92 Å². The van der Waals surface area contributed by atoms with Crippen molar-refractivity contribution in [2.24, 2.45) is 0 Å². The first-order valence-corrected chi connectivity index (χ1v) is 9.26. The van der Waals surface area contributed by atoms with Crippen LogP contribution in [0.5, 0.6) is 0 Å². The summed E-state index contributed by atoms with van der Waals surface area (Å²) in [5.74, 6) is -0.853. The van der Waals surface area contributed by atoms with E-state index in [9.17, 15) is 14.0 Å². The van der Waals surface area contributed by atoms with Crippen molar-refractivity contribution in [1.82, 2.24) is 15.1 Å². The molecule has 0 spiro atoms. The van der Waals surface area contributed by atoms with Gasteiger partial charge in [-0.2, -0.15) is 0 Å². The highest BCUT2D eigenvalue weighted by molar-refractivity contribution is 6.30. The van der Waals surface area contributed by atoms with E-state index in [0.29, 0.717) is 50.9 Å². The molecule has 0 bridgehead atoms. The van der Waals surface area contributed by atoms with Gasteiger partial charge in [-0.1, -0.05) is 11.6 Å². The largest absolute Gasteiger partial charge is 0.383 e. The van der Waals surface area contributed by atoms with Gasteiger partial charge in [0.2, 0.25) is 11.8 Å². The molecule has 1 aliphatic heterocycles. The summed E-state index contributed by atoms with van der Waals surface area (Å²) in [6, 6.07) is 3.63. The lowest BCUT2D eigenvalue weighted by molar-refractivity contribution is -0.124. The summed E-state index contributed by atoms with van der Waals surface area (Å²) >= 11 is 5.85. The molecule has 1 saturated heterocycles. The predicted molar refractivity (Wildman–Crippen MR) is 102 cm³/mol. The van der Waals surface area contributed by atoms with Gasteiger partial charge in [-0.15, -0.1) is 0 Å². The summed E-state index contributed by atoms with van der Waals surface area (Å²) in [5.41, 5.74) is 0.0747. The Morgan fingerprint density at radius 3 is 2.67 bits per heavy atom. The summed E-state index contributed by atoms with van der Waals surface area (Å²) < 4.78 is 18.7. The Labute approximate surface area is 163 Å². The highest BCUT2D eigenvalue weighted by Gasteiger charge is 2.26. The van der Waals surface area contributed by atoms with Gasteiger partial charge in [0.15, 0.2) is 0 Å². The lowest BCUT2D eigenvalue weighted by Crippen LogP contribution is -2.54. The molecule has 1 aliphatic rings. The van der Waals surface area contributed by atoms with Crippen molar-refractivity contribution in [3.63, 3.8) is 0 Å². The van der Waals surface area contributed by atoms with E-state index in [1.807, 2.05) is 9.80 Å². The molecule has 2 rings (SSSR count). The second-order valence-electron chi connectivity index (χ2n) is 6.44. The van der Waals surface area contributed by atoms with Crippen molar-refractivity contribution in [3.05, 3.63) is 29.0 Å². The molecule has 1 unspecified atom stereocenters. The Hall–Kier alpha value is -1.74. The van der Waals surface area contributed by atoms with Crippen molar-refractivity contribution < 1.29 is 18.7 Å². The monoisotopic (exact) mass is 400 g/mol. The number of amides is 2. The minimum absolute atomic E-state index is 0.0391. The van der Waals surface area contributed by atoms with Gasteiger partial charge in [-0.25, -0.2) is 4.39 Å². The average molecular weight is 401 g/mol. The molecule has 1 heterocycles. The smallest absolute Gasteiger partial charge is 0.241 e. The molecule has 2 N–H and O–H groups in total. The zero-order valence-electron chi connectivity index (χ0n) is 15.6. The Balaban J connectivity index is 1.78. The second kappa shape index (κ2) is 10.6. The summed E-state index contributed by atoms with van der Waals surface area (Å²) in [5, 5.41) is 5.74. The number of carbonyl (C=O) groups is 2. The zero-order chi connectivity index (χ0) is 19.8. The number of hydrogen-bond acceptors (Lipinski definition) is 5. The van der Waals surface area contributed by atoms with Gasteiger partial charge in [-0.05, 0) is 25.1 Å². The topological polar surface area (TPSA) is 73.9 Å². The van der Waals surface area contributed by atoms with Gasteiger partial charge in [0.25, 0.3) is 0 Å². The second-order valence-corrected chi connectivity index (χ2v) is 6.88. The Kier molecular flexibility index (Phi) is 8.43. The average Bonchev–Trinajstić information content (AvgIpc) is 2.65. The number of rotatable bonds is 8. The zero-order valence-corrected chi connectivity index (χ0v) is 16.4. The minimum atomic E-state index is -0.524. The van der Waals surface area contributed by atoms with Crippen LogP contribution in [0.2, 0.25) is 5.02 Å². The number of nitrogens with zero attached hydrogens (tertiary/aromatic N) is 2. The SMILES string of the molecule is COCCNC(=O)CN1CCN(C(C)C(=O)Nc2cc(Cl)ccc2F)CC1. The molecule has 1 aromatic rings. The standard InChI is InChI=1S/C18H26ClFN4O3/c1-13(18(26)22-16-11-14(19)3-4-15(16)20)24-8-6-23(7-9-24)12-17(25)21-5-10-27-2/h3-4,11,13H,5-10,12H2,1-2H3,(H,21,25)(H,22,26). The van der Waals surface area contributed by atoms with Crippen LogP contribution in [0.4, 0.5) is 10.1 Å². The number of benzene rings is 1. The van der Waals surface area contributed by atoms with Crippen molar-refractivity contribution in [2.75, 3.05) is 58.3 Å². The molecule has 0 saturated carbocycles. The van der Waals surface area contributed by atoms with Crippen LogP contribution in [-0.2, 0) is 14.3 Å². The number of nitrogens with one attached hydrogen (secondary N) is 2. The maximum atomic E-state index is 13.8. The van der Waals surface area contributed by atoms with Crippen molar-refractivity contribution in [2.45, 2.75) is 13.0 Å². The summed E-state index contributed by atoms with van der Waals surface area (Å²) in [4.78, 5) is 28.3. The van der Waals surface area contributed by atoms with Crippen molar-refractivity contribution in [3.8, 4) is 0 Å². The minimum Gasteiger partial charge on any atom is -0.383 e. The predicted octanol–water partition coefficient (Wildman–Crippen LogP) is 1.19. The maximum absolute atomic E-state index is 13.8. The highest BCUT2D eigenvalue weighted by atomic mass is 35.5. The van der Waals surface area contributed by atoms with Gasteiger partial charge >= 0.3 is 0 Å². The third-order valence-electron chi connectivity index (χ3n) is 4.52. The van der Waals surface area contributed by atoms with E-state index in [1.165, 1.54) is 18.2 Å². The van der Waals surface area contributed by atoms with Gasteiger partial charge in [0.1, 0.15) is 5.82 Å². The van der Waals surface area contributed by atoms with Gasteiger partial charge in [0.05, 0.1) is 24.9 Å². The van der Waals surface area contributed by atoms with Crippen LogP contribution in [0.15, 0.2) is 18.2 Å². The van der Waals surface area contributed by atoms with E-state index in [0.717, 1.165) is 0 Å². The third kappa shape index (κ3) is 6.73. The number of anilines is 1. The molecule has 0 aromatic heterocycles. The van der Waals surface area contributed by atoms with E-state index >= 15 is 0 Å². The molecule has 2 amide bonds. The van der Waals surface area contributed by atoms with Crippen LogP contribution in [-0.4, -0.2) is 80.6 Å². The lowest BCUT2D eigenvalue weighted by atomic mass is 10.2. The van der Waals surface area contributed by atoms with Gasteiger partial charge in [0, 0.05) is 44.9 Å². The van der Waals surface area contributed by atoms with E-state index in [4.69, 9.17) is 16.3 Å². The first kappa shape index (κ1) is 21.6. The van der Waals surface area contributed by atoms with Gasteiger partial charge < -0.3 is 15.4 Å². The lowest BCUT2D eigenvalue weighted by Gasteiger charge is -2.37. The van der Waals surface area contributed by atoms with Crippen molar-refractivity contribution >= 4 is 29.1 Å². The molecule has 1 aromatic carbocycles. The molecule has 0 radical (unpaired) electrons. The maximum Gasteiger partial charge on any atom is 0.241 e. The summed E-state index contributed by atoms with van der Waals surface area (Å²) in [7, 11) is 1.59. The summed E-state index contributed by atoms with van der Waals surface area (Å²) in [6.45, 7) is 5.75. The van der Waals surface area contributed by atoms with Crippen LogP contribution < -0.4 is 10.6 Å². The molecule has 27 heavy (non-hydrogen) atoms.